The van der Waals surface area contributed by atoms with Crippen LogP contribution >= 0.6 is 34.7 Å². The van der Waals surface area contributed by atoms with Crippen molar-refractivity contribution in [2.75, 3.05) is 23.1 Å². The number of benzene rings is 2. The fourth-order valence-electron chi connectivity index (χ4n) is 2.74. The van der Waals surface area contributed by atoms with Gasteiger partial charge in [-0.3, -0.25) is 9.10 Å². The zero-order valence-electron chi connectivity index (χ0n) is 16.3. The maximum absolute atomic E-state index is 14.4. The van der Waals surface area contributed by atoms with E-state index in [1.54, 1.807) is 23.2 Å². The molecule has 5 nitrogen and oxygen atoms in total. The van der Waals surface area contributed by atoms with E-state index in [9.17, 15) is 17.6 Å². The van der Waals surface area contributed by atoms with Gasteiger partial charge in [-0.2, -0.15) is 11.8 Å². The molecule has 31 heavy (non-hydrogen) atoms. The van der Waals surface area contributed by atoms with Crippen LogP contribution in [0.15, 0.2) is 70.3 Å². The molecule has 0 aliphatic carbocycles. The molecule has 1 N–H and O–H groups in total. The first-order valence-corrected chi connectivity index (χ1v) is 13.1. The second kappa shape index (κ2) is 11.0. The van der Waals surface area contributed by atoms with Crippen molar-refractivity contribution in [2.45, 2.75) is 9.96 Å². The minimum atomic E-state index is -4.07. The smallest absolute Gasteiger partial charge is 0.274 e. The average Bonchev–Trinajstić information content (AvgIpc) is 3.28. The molecule has 3 aromatic rings. The summed E-state index contributed by atoms with van der Waals surface area (Å²) in [6.45, 7) is -0.158. The molecule has 2 aromatic carbocycles. The summed E-state index contributed by atoms with van der Waals surface area (Å²) in [5.74, 6) is 0.152. The number of nitrogens with zero attached hydrogens (tertiary/aromatic N) is 1. The van der Waals surface area contributed by atoms with E-state index in [4.69, 9.17) is 11.6 Å². The topological polar surface area (TPSA) is 66.5 Å². The van der Waals surface area contributed by atoms with Gasteiger partial charge in [0.05, 0.1) is 5.69 Å². The predicted octanol–water partition coefficient (Wildman–Crippen LogP) is 4.79. The molecule has 0 radical (unpaired) electrons. The SMILES string of the molecule is O=C(CN(c1ccccc1F)S(=O)(=O)c1cccs1)NCCSCc1cccc(Cl)c1. The van der Waals surface area contributed by atoms with E-state index in [2.05, 4.69) is 5.32 Å². The first-order chi connectivity index (χ1) is 14.9. The zero-order chi connectivity index (χ0) is 22.3. The van der Waals surface area contributed by atoms with Crippen molar-refractivity contribution in [1.29, 1.82) is 0 Å². The summed E-state index contributed by atoms with van der Waals surface area (Å²) in [7, 11) is -4.07. The third-order valence-electron chi connectivity index (χ3n) is 4.17. The van der Waals surface area contributed by atoms with Crippen LogP contribution in [0.1, 0.15) is 5.56 Å². The largest absolute Gasteiger partial charge is 0.354 e. The number of para-hydroxylation sites is 1. The lowest BCUT2D eigenvalue weighted by Gasteiger charge is -2.23. The minimum absolute atomic E-state index is 0.0423. The predicted molar refractivity (Wildman–Crippen MR) is 126 cm³/mol. The monoisotopic (exact) mass is 498 g/mol. The number of nitrogens with one attached hydrogen (secondary N) is 1. The van der Waals surface area contributed by atoms with Crippen molar-refractivity contribution in [3.8, 4) is 0 Å². The molecule has 0 unspecified atom stereocenters. The number of sulfonamides is 1. The number of rotatable bonds is 10. The van der Waals surface area contributed by atoms with Gasteiger partial charge < -0.3 is 5.32 Å². The second-order valence-corrected chi connectivity index (χ2v) is 11.0. The highest BCUT2D eigenvalue weighted by atomic mass is 35.5. The quantitative estimate of drug-likeness (QED) is 0.408. The number of thioether (sulfide) groups is 1. The fourth-order valence-corrected chi connectivity index (χ4v) is 6.29. The highest BCUT2D eigenvalue weighted by Gasteiger charge is 2.29. The minimum Gasteiger partial charge on any atom is -0.354 e. The van der Waals surface area contributed by atoms with Crippen LogP contribution in [-0.4, -0.2) is 33.2 Å². The summed E-state index contributed by atoms with van der Waals surface area (Å²) in [5.41, 5.74) is 0.915. The summed E-state index contributed by atoms with van der Waals surface area (Å²) in [6, 6.07) is 16.1. The lowest BCUT2D eigenvalue weighted by atomic mass is 10.2. The van der Waals surface area contributed by atoms with Gasteiger partial charge >= 0.3 is 0 Å². The normalized spacial score (nSPS) is 11.3. The van der Waals surface area contributed by atoms with Crippen molar-refractivity contribution in [2.24, 2.45) is 0 Å². The van der Waals surface area contributed by atoms with Crippen LogP contribution in [0.5, 0.6) is 0 Å². The molecule has 0 spiro atoms. The number of carbonyl (C=O) groups excluding carboxylic acids is 1. The third-order valence-corrected chi connectivity index (χ3v) is 8.57. The number of hydrogen-bond acceptors (Lipinski definition) is 5. The summed E-state index contributed by atoms with van der Waals surface area (Å²) in [6.07, 6.45) is 0. The number of thiophene rings is 1. The van der Waals surface area contributed by atoms with Crippen molar-refractivity contribution < 1.29 is 17.6 Å². The van der Waals surface area contributed by atoms with E-state index in [0.717, 1.165) is 33.0 Å². The lowest BCUT2D eigenvalue weighted by Crippen LogP contribution is -2.41. The Morgan fingerprint density at radius 1 is 1.13 bits per heavy atom. The number of anilines is 1. The zero-order valence-corrected chi connectivity index (χ0v) is 19.5. The first kappa shape index (κ1) is 23.6. The maximum atomic E-state index is 14.4. The van der Waals surface area contributed by atoms with Gasteiger partial charge in [-0.05, 0) is 41.3 Å². The standard InChI is InChI=1S/C21H20ClFN2O3S3/c22-17-6-3-5-16(13-17)15-29-12-10-24-20(26)14-25(19-8-2-1-7-18(19)23)31(27,28)21-9-4-11-30-21/h1-9,11,13H,10,12,14-15H2,(H,24,26). The van der Waals surface area contributed by atoms with Crippen LogP contribution < -0.4 is 9.62 Å². The van der Waals surface area contributed by atoms with Gasteiger partial charge in [-0.25, -0.2) is 12.8 Å². The Kier molecular flexibility index (Phi) is 8.36. The van der Waals surface area contributed by atoms with Gasteiger partial charge in [0.15, 0.2) is 0 Å². The highest BCUT2D eigenvalue weighted by Crippen LogP contribution is 2.28. The molecule has 0 aliphatic heterocycles. The van der Waals surface area contributed by atoms with Crippen LogP contribution in [0.3, 0.4) is 0 Å². The Bertz CT molecular complexity index is 1120. The Hall–Kier alpha value is -2.07. The van der Waals surface area contributed by atoms with Gasteiger partial charge in [-0.15, -0.1) is 11.3 Å². The fraction of sp³-hybridized carbons (Fsp3) is 0.190. The van der Waals surface area contributed by atoms with Crippen LogP contribution in [0, 0.1) is 5.82 Å². The molecular weight excluding hydrogens is 479 g/mol. The van der Waals surface area contributed by atoms with Gasteiger partial charge in [0.25, 0.3) is 10.0 Å². The average molecular weight is 499 g/mol. The van der Waals surface area contributed by atoms with E-state index in [-0.39, 0.29) is 9.90 Å². The van der Waals surface area contributed by atoms with Crippen molar-refractivity contribution >= 4 is 56.3 Å². The summed E-state index contributed by atoms with van der Waals surface area (Å²) in [4.78, 5) is 12.5. The molecule has 3 rings (SSSR count). The number of halogens is 2. The molecule has 0 saturated carbocycles. The molecule has 0 aliphatic rings. The molecule has 1 heterocycles. The number of hydrogen-bond donors (Lipinski definition) is 1. The summed E-state index contributed by atoms with van der Waals surface area (Å²) in [5, 5.41) is 4.99. The van der Waals surface area contributed by atoms with Crippen LogP contribution in [0.25, 0.3) is 0 Å². The Balaban J connectivity index is 1.60. The molecule has 0 atom stereocenters. The molecule has 1 amide bonds. The van der Waals surface area contributed by atoms with E-state index < -0.39 is 28.3 Å². The molecule has 0 fully saturated rings. The molecule has 0 bridgehead atoms. The molecule has 1 aromatic heterocycles. The van der Waals surface area contributed by atoms with E-state index in [0.29, 0.717) is 17.3 Å². The lowest BCUT2D eigenvalue weighted by molar-refractivity contribution is -0.119. The van der Waals surface area contributed by atoms with Crippen molar-refractivity contribution in [1.82, 2.24) is 5.32 Å². The van der Waals surface area contributed by atoms with Gasteiger partial charge in [0.2, 0.25) is 5.91 Å². The second-order valence-electron chi connectivity index (χ2n) is 6.43. The first-order valence-electron chi connectivity index (χ1n) is 9.27. The van der Waals surface area contributed by atoms with Crippen molar-refractivity contribution in [3.63, 3.8) is 0 Å². The third kappa shape index (κ3) is 6.46. The van der Waals surface area contributed by atoms with Crippen LogP contribution in [0.4, 0.5) is 10.1 Å². The van der Waals surface area contributed by atoms with E-state index in [1.807, 2.05) is 24.3 Å². The number of carbonyl (C=O) groups is 1. The van der Waals surface area contributed by atoms with Crippen molar-refractivity contribution in [3.05, 3.63) is 82.4 Å². The van der Waals surface area contributed by atoms with Crippen LogP contribution in [0.2, 0.25) is 5.02 Å². The summed E-state index contributed by atoms with van der Waals surface area (Å²) >= 11 is 8.59. The molecule has 10 heteroatoms. The molecule has 0 saturated heterocycles. The van der Waals surface area contributed by atoms with E-state index >= 15 is 0 Å². The van der Waals surface area contributed by atoms with E-state index in [1.165, 1.54) is 24.3 Å². The van der Waals surface area contributed by atoms with Gasteiger partial charge in [0.1, 0.15) is 16.6 Å². The summed E-state index contributed by atoms with van der Waals surface area (Å²) < 4.78 is 41.2. The molecule has 164 valence electrons. The Labute approximate surface area is 194 Å². The van der Waals surface area contributed by atoms with Gasteiger partial charge in [-0.1, -0.05) is 41.9 Å². The van der Waals surface area contributed by atoms with Crippen LogP contribution in [-0.2, 0) is 20.6 Å². The Morgan fingerprint density at radius 3 is 2.65 bits per heavy atom. The maximum Gasteiger partial charge on any atom is 0.274 e. The van der Waals surface area contributed by atoms with Gasteiger partial charge in [0, 0.05) is 23.1 Å². The number of amides is 1. The highest BCUT2D eigenvalue weighted by molar-refractivity contribution is 7.98. The Morgan fingerprint density at radius 2 is 1.94 bits per heavy atom. The molecular formula is C21H20ClFN2O3S3.